The Labute approximate surface area is 468 Å². The average Bonchev–Trinajstić information content (AvgIpc) is 3.47. The summed E-state index contributed by atoms with van der Waals surface area (Å²) in [5, 5.41) is 8.26. The van der Waals surface area contributed by atoms with Gasteiger partial charge in [-0.15, -0.1) is 0 Å². The van der Waals surface area contributed by atoms with E-state index < -0.39 is 36.0 Å². The van der Waals surface area contributed by atoms with Crippen molar-refractivity contribution in [2.75, 3.05) is 97.9 Å². The molecule has 16 heteroatoms. The summed E-state index contributed by atoms with van der Waals surface area (Å²) in [6.45, 7) is 10.1. The first-order chi connectivity index (χ1) is 37.9. The van der Waals surface area contributed by atoms with Gasteiger partial charge in [-0.3, -0.25) is 14.4 Å². The molecule has 0 aliphatic heterocycles. The first kappa shape index (κ1) is 64.8. The van der Waals surface area contributed by atoms with Gasteiger partial charge in [-0.05, 0) is 109 Å². The first-order valence-electron chi connectivity index (χ1n) is 26.2. The number of esters is 3. The molecule has 6 rings (SSSR count). The van der Waals surface area contributed by atoms with E-state index in [4.69, 9.17) is 14.2 Å². The van der Waals surface area contributed by atoms with Crippen LogP contribution in [-0.2, 0) is 47.9 Å². The van der Waals surface area contributed by atoms with Crippen LogP contribution < -0.4 is 30.7 Å². The summed E-state index contributed by atoms with van der Waals surface area (Å²) >= 11 is 0. The Morgan fingerprint density at radius 1 is 0.354 bits per heavy atom. The van der Waals surface area contributed by atoms with Gasteiger partial charge in [0.05, 0.1) is 21.3 Å². The average molecular weight is 1080 g/mol. The molecule has 0 heterocycles. The molecule has 0 fully saturated rings. The van der Waals surface area contributed by atoms with Gasteiger partial charge in [0.15, 0.2) is 0 Å². The molecule has 0 unspecified atom stereocenters. The number of carbonyl (C=O) groups excluding carboxylic acids is 6. The smallest absolute Gasteiger partial charge is 0.328 e. The van der Waals surface area contributed by atoms with E-state index in [-0.39, 0.29) is 17.7 Å². The minimum atomic E-state index is -0.724. The van der Waals surface area contributed by atoms with E-state index in [0.29, 0.717) is 36.0 Å². The highest BCUT2D eigenvalue weighted by atomic mass is 16.5. The van der Waals surface area contributed by atoms with Crippen LogP contribution in [0.25, 0.3) is 0 Å². The van der Waals surface area contributed by atoms with E-state index in [1.165, 1.54) is 41.0 Å². The van der Waals surface area contributed by atoms with Crippen molar-refractivity contribution in [1.82, 2.24) is 20.9 Å². The molecule has 16 nitrogen and oxygen atoms in total. The van der Waals surface area contributed by atoms with Crippen molar-refractivity contribution in [2.24, 2.45) is 0 Å². The molecular weight excluding hydrogens is 999 g/mol. The molecule has 422 valence electrons. The predicted molar refractivity (Wildman–Crippen MR) is 316 cm³/mol. The number of benzene rings is 6. The number of amides is 3. The zero-order valence-electron chi connectivity index (χ0n) is 48.0. The fourth-order valence-electron chi connectivity index (χ4n) is 7.68. The standard InChI is InChI=1S/3C19H22N2O3.C6H15N/c3*1-21(2)16-11-9-15(10-12-16)18(22)20-17(19(23)24-3)13-14-7-5-4-6-8-14;1-4-7(5-2)6-3/h3*4-12,17H,13H2,1-3H3,(H,20,22);4-6H2,1-3H3/t3*17-;/m000./s1. The maximum absolute atomic E-state index is 12.4. The molecule has 0 aromatic heterocycles. The van der Waals surface area contributed by atoms with Gasteiger partial charge in [-0.2, -0.15) is 0 Å². The first-order valence-corrected chi connectivity index (χ1v) is 26.2. The minimum absolute atomic E-state index is 0.299. The molecule has 6 aromatic carbocycles. The number of hydrogen-bond donors (Lipinski definition) is 3. The number of rotatable bonds is 21. The fourth-order valence-corrected chi connectivity index (χ4v) is 7.68. The minimum Gasteiger partial charge on any atom is -0.467 e. The van der Waals surface area contributed by atoms with E-state index in [1.54, 1.807) is 36.4 Å². The van der Waals surface area contributed by atoms with E-state index in [0.717, 1.165) is 33.8 Å². The summed E-state index contributed by atoms with van der Waals surface area (Å²) in [6.07, 6.45) is 1.15. The summed E-state index contributed by atoms with van der Waals surface area (Å²) < 4.78 is 14.4. The second-order valence-electron chi connectivity index (χ2n) is 18.7. The highest BCUT2D eigenvalue weighted by molar-refractivity contribution is 5.98. The van der Waals surface area contributed by atoms with Gasteiger partial charge in [0, 0.05) is 95.3 Å². The predicted octanol–water partition coefficient (Wildman–Crippen LogP) is 8.15. The SMILES string of the molecule is CCN(CC)CC.COC(=O)[C@H](Cc1ccccc1)NC(=O)c1ccc(N(C)C)cc1.COC(=O)[C@H](Cc1ccccc1)NC(=O)c1ccc(N(C)C)cc1.COC(=O)[C@H](Cc1ccccc1)NC(=O)c1ccc(N(C)C)cc1. The number of nitrogens with zero attached hydrogens (tertiary/aromatic N) is 4. The van der Waals surface area contributed by atoms with Gasteiger partial charge in [0.25, 0.3) is 17.7 Å². The van der Waals surface area contributed by atoms with Gasteiger partial charge >= 0.3 is 17.9 Å². The van der Waals surface area contributed by atoms with Crippen LogP contribution in [0.3, 0.4) is 0 Å². The quantitative estimate of drug-likeness (QED) is 0.0465. The lowest BCUT2D eigenvalue weighted by Gasteiger charge is -2.17. The highest BCUT2D eigenvalue weighted by Gasteiger charge is 2.25. The third kappa shape index (κ3) is 22.9. The molecule has 0 spiro atoms. The molecule has 0 saturated carbocycles. The van der Waals surface area contributed by atoms with Crippen molar-refractivity contribution in [1.29, 1.82) is 0 Å². The van der Waals surface area contributed by atoms with E-state index in [2.05, 4.69) is 41.6 Å². The van der Waals surface area contributed by atoms with Crippen LogP contribution in [0.2, 0.25) is 0 Å². The maximum atomic E-state index is 12.4. The molecule has 79 heavy (non-hydrogen) atoms. The van der Waals surface area contributed by atoms with Crippen molar-refractivity contribution in [2.45, 2.75) is 58.2 Å². The number of hydrogen-bond acceptors (Lipinski definition) is 13. The van der Waals surface area contributed by atoms with Crippen LogP contribution in [0.4, 0.5) is 17.1 Å². The number of methoxy groups -OCH3 is 3. The zero-order valence-corrected chi connectivity index (χ0v) is 48.0. The van der Waals surface area contributed by atoms with Gasteiger partial charge in [-0.25, -0.2) is 14.4 Å². The Balaban J connectivity index is 0.000000293. The normalized spacial score (nSPS) is 11.4. The molecule has 3 atom stereocenters. The third-order valence-corrected chi connectivity index (χ3v) is 12.5. The monoisotopic (exact) mass is 1080 g/mol. The summed E-state index contributed by atoms with van der Waals surface area (Å²) in [5.41, 5.74) is 7.37. The van der Waals surface area contributed by atoms with Gasteiger partial charge < -0.3 is 49.8 Å². The van der Waals surface area contributed by atoms with Crippen molar-refractivity contribution in [3.05, 3.63) is 197 Å². The molecule has 0 radical (unpaired) electrons. The number of ether oxygens (including phenoxy) is 3. The number of carbonyl (C=O) groups is 6. The van der Waals surface area contributed by atoms with Crippen LogP contribution in [0.1, 0.15) is 68.5 Å². The lowest BCUT2D eigenvalue weighted by Crippen LogP contribution is -2.43. The van der Waals surface area contributed by atoms with Crippen LogP contribution in [0.5, 0.6) is 0 Å². The van der Waals surface area contributed by atoms with Crippen LogP contribution in [-0.4, -0.2) is 142 Å². The van der Waals surface area contributed by atoms with E-state index >= 15 is 0 Å². The van der Waals surface area contributed by atoms with Crippen molar-refractivity contribution >= 4 is 52.7 Å². The molecule has 0 aliphatic carbocycles. The largest absolute Gasteiger partial charge is 0.467 e. The van der Waals surface area contributed by atoms with Crippen molar-refractivity contribution < 1.29 is 43.0 Å². The Kier molecular flexibility index (Phi) is 28.7. The summed E-state index contributed by atoms with van der Waals surface area (Å²) in [7, 11) is 15.6. The molecule has 0 saturated heterocycles. The summed E-state index contributed by atoms with van der Waals surface area (Å²) in [6, 6.07) is 48.0. The van der Waals surface area contributed by atoms with E-state index in [9.17, 15) is 28.8 Å². The molecule has 3 N–H and O–H groups in total. The highest BCUT2D eigenvalue weighted by Crippen LogP contribution is 2.16. The topological polar surface area (TPSA) is 179 Å². The Morgan fingerprint density at radius 3 is 0.734 bits per heavy atom. The molecule has 0 bridgehead atoms. The van der Waals surface area contributed by atoms with Gasteiger partial charge in [-0.1, -0.05) is 112 Å². The second-order valence-corrected chi connectivity index (χ2v) is 18.7. The van der Waals surface area contributed by atoms with Crippen LogP contribution in [0, 0.1) is 0 Å². The Bertz CT molecular complexity index is 2440. The molecular formula is C63H81N7O9. The Morgan fingerprint density at radius 2 is 0.570 bits per heavy atom. The van der Waals surface area contributed by atoms with Gasteiger partial charge in [0.1, 0.15) is 18.1 Å². The van der Waals surface area contributed by atoms with Crippen LogP contribution in [0.15, 0.2) is 164 Å². The molecule has 3 amide bonds. The third-order valence-electron chi connectivity index (χ3n) is 12.5. The lowest BCUT2D eigenvalue weighted by molar-refractivity contribution is -0.143. The Hall–Kier alpha value is -8.50. The van der Waals surface area contributed by atoms with Crippen molar-refractivity contribution in [3.63, 3.8) is 0 Å². The van der Waals surface area contributed by atoms with E-state index in [1.807, 2.05) is 184 Å². The zero-order chi connectivity index (χ0) is 58.3. The van der Waals surface area contributed by atoms with Crippen molar-refractivity contribution in [3.8, 4) is 0 Å². The summed E-state index contributed by atoms with van der Waals surface area (Å²) in [4.78, 5) is 81.4. The molecule has 6 aromatic rings. The van der Waals surface area contributed by atoms with Gasteiger partial charge in [0.2, 0.25) is 0 Å². The lowest BCUT2D eigenvalue weighted by atomic mass is 10.1. The summed E-state index contributed by atoms with van der Waals surface area (Å²) in [5.74, 6) is -2.28. The maximum Gasteiger partial charge on any atom is 0.328 e. The second kappa shape index (κ2) is 35.0. The number of nitrogens with one attached hydrogen (secondary N) is 3. The molecule has 0 aliphatic rings. The van der Waals surface area contributed by atoms with Crippen LogP contribution >= 0.6 is 0 Å². The fraction of sp³-hybridized carbons (Fsp3) is 0.333. The number of anilines is 3.